The number of hydrogen-bond acceptors (Lipinski definition) is 6. The van der Waals surface area contributed by atoms with Gasteiger partial charge in [0.25, 0.3) is 10.0 Å². The van der Waals surface area contributed by atoms with Crippen LogP contribution in [0.4, 0.5) is 10.1 Å². The second-order valence-corrected chi connectivity index (χ2v) is 13.8. The fourth-order valence-corrected chi connectivity index (χ4v) is 6.72. The SMILES string of the molecule is Cc1ccc(S(=O)(=O)n2cc(-c3cnn(Cc4ccccc4F)c3)c3cc(-c4cccc(NS(C)(=O)=O)c4)cnc32)cc1. The predicted octanol–water partition coefficient (Wildman–Crippen LogP) is 5.67. The van der Waals surface area contributed by atoms with Crippen LogP contribution in [0.15, 0.2) is 109 Å². The summed E-state index contributed by atoms with van der Waals surface area (Å²) in [6.07, 6.45) is 7.47. The van der Waals surface area contributed by atoms with Gasteiger partial charge in [0.2, 0.25) is 10.0 Å². The molecule has 0 unspecified atom stereocenters. The van der Waals surface area contributed by atoms with Crippen molar-refractivity contribution in [2.45, 2.75) is 18.4 Å². The second-order valence-electron chi connectivity index (χ2n) is 10.2. The Bertz CT molecular complexity index is 2210. The van der Waals surface area contributed by atoms with E-state index in [1.807, 2.05) is 19.1 Å². The number of halogens is 1. The first-order valence-corrected chi connectivity index (χ1v) is 16.5. The van der Waals surface area contributed by atoms with Crippen LogP contribution < -0.4 is 4.72 Å². The largest absolute Gasteiger partial charge is 0.284 e. The lowest BCUT2D eigenvalue weighted by atomic mass is 10.0. The third-order valence-corrected chi connectivity index (χ3v) is 9.19. The zero-order valence-corrected chi connectivity index (χ0v) is 24.8. The second kappa shape index (κ2) is 10.8. The Labute approximate surface area is 248 Å². The van der Waals surface area contributed by atoms with Crippen LogP contribution >= 0.6 is 0 Å². The molecule has 218 valence electrons. The van der Waals surface area contributed by atoms with Gasteiger partial charge in [0, 0.05) is 51.9 Å². The summed E-state index contributed by atoms with van der Waals surface area (Å²) in [5.74, 6) is -0.346. The van der Waals surface area contributed by atoms with Gasteiger partial charge in [-0.05, 0) is 48.9 Å². The van der Waals surface area contributed by atoms with Crippen molar-refractivity contribution in [3.63, 3.8) is 0 Å². The minimum atomic E-state index is -4.02. The number of benzene rings is 3. The first kappa shape index (κ1) is 28.3. The summed E-state index contributed by atoms with van der Waals surface area (Å²) in [5.41, 5.74) is 4.49. The van der Waals surface area contributed by atoms with Crippen molar-refractivity contribution < 1.29 is 21.2 Å². The highest BCUT2D eigenvalue weighted by Gasteiger charge is 2.24. The number of fused-ring (bicyclic) bond motifs is 1. The van der Waals surface area contributed by atoms with Crippen LogP contribution in [-0.2, 0) is 26.6 Å². The molecule has 0 saturated heterocycles. The van der Waals surface area contributed by atoms with E-state index in [0.717, 1.165) is 15.8 Å². The minimum Gasteiger partial charge on any atom is -0.284 e. The highest BCUT2D eigenvalue weighted by atomic mass is 32.2. The van der Waals surface area contributed by atoms with Crippen molar-refractivity contribution in [1.29, 1.82) is 0 Å². The summed E-state index contributed by atoms with van der Waals surface area (Å²) in [6.45, 7) is 2.07. The smallest absolute Gasteiger partial charge is 0.269 e. The lowest BCUT2D eigenvalue weighted by Gasteiger charge is -2.09. The fraction of sp³-hybridized carbons (Fsp3) is 0.0968. The number of hydrogen-bond donors (Lipinski definition) is 1. The Hall–Kier alpha value is -4.81. The van der Waals surface area contributed by atoms with E-state index in [0.29, 0.717) is 38.9 Å². The first-order valence-electron chi connectivity index (χ1n) is 13.2. The molecule has 3 aromatic carbocycles. The summed E-state index contributed by atoms with van der Waals surface area (Å²) in [6, 6.07) is 21.7. The lowest BCUT2D eigenvalue weighted by molar-refractivity contribution is 0.585. The number of nitrogens with one attached hydrogen (secondary N) is 1. The summed E-state index contributed by atoms with van der Waals surface area (Å²) >= 11 is 0. The average Bonchev–Trinajstić information content (AvgIpc) is 3.58. The van der Waals surface area contributed by atoms with Crippen molar-refractivity contribution >= 4 is 36.8 Å². The number of aryl methyl sites for hydroxylation is 1. The number of pyridine rings is 1. The van der Waals surface area contributed by atoms with Crippen molar-refractivity contribution in [1.82, 2.24) is 18.7 Å². The number of rotatable bonds is 8. The fourth-order valence-electron chi connectivity index (χ4n) is 4.84. The molecule has 3 aromatic heterocycles. The molecule has 0 aliphatic rings. The topological polar surface area (TPSA) is 116 Å². The maximum absolute atomic E-state index is 14.3. The van der Waals surface area contributed by atoms with Crippen LogP contribution in [0.1, 0.15) is 11.1 Å². The van der Waals surface area contributed by atoms with Crippen molar-refractivity contribution in [3.8, 4) is 22.3 Å². The van der Waals surface area contributed by atoms with Crippen LogP contribution in [0.25, 0.3) is 33.3 Å². The molecule has 0 atom stereocenters. The Kier molecular flexibility index (Phi) is 7.10. The van der Waals surface area contributed by atoms with Crippen LogP contribution in [0.5, 0.6) is 0 Å². The molecule has 0 radical (unpaired) electrons. The van der Waals surface area contributed by atoms with Gasteiger partial charge >= 0.3 is 0 Å². The first-order chi connectivity index (χ1) is 20.5. The predicted molar refractivity (Wildman–Crippen MR) is 164 cm³/mol. The molecule has 43 heavy (non-hydrogen) atoms. The Balaban J connectivity index is 1.50. The van der Waals surface area contributed by atoms with E-state index < -0.39 is 20.0 Å². The van der Waals surface area contributed by atoms with Crippen LogP contribution in [0.2, 0.25) is 0 Å². The van der Waals surface area contributed by atoms with Gasteiger partial charge in [-0.15, -0.1) is 0 Å². The van der Waals surface area contributed by atoms with E-state index in [4.69, 9.17) is 0 Å². The number of aromatic nitrogens is 4. The van der Waals surface area contributed by atoms with E-state index in [1.54, 1.807) is 83.9 Å². The minimum absolute atomic E-state index is 0.113. The van der Waals surface area contributed by atoms with Crippen LogP contribution in [0.3, 0.4) is 0 Å². The van der Waals surface area contributed by atoms with E-state index in [2.05, 4.69) is 14.8 Å². The molecule has 0 aliphatic carbocycles. The number of nitrogens with zero attached hydrogens (tertiary/aromatic N) is 4. The van der Waals surface area contributed by atoms with Gasteiger partial charge in [-0.1, -0.05) is 48.0 Å². The van der Waals surface area contributed by atoms with Gasteiger partial charge in [-0.3, -0.25) is 9.40 Å². The third-order valence-electron chi connectivity index (χ3n) is 6.92. The molecule has 6 aromatic rings. The zero-order chi connectivity index (χ0) is 30.4. The molecule has 0 amide bonds. The van der Waals surface area contributed by atoms with E-state index in [1.165, 1.54) is 12.3 Å². The highest BCUT2D eigenvalue weighted by molar-refractivity contribution is 7.92. The molecule has 1 N–H and O–H groups in total. The Morgan fingerprint density at radius 2 is 1.60 bits per heavy atom. The molecular formula is C31H26FN5O4S2. The lowest BCUT2D eigenvalue weighted by Crippen LogP contribution is -2.12. The average molecular weight is 616 g/mol. The summed E-state index contributed by atoms with van der Waals surface area (Å²) in [7, 11) is -7.51. The van der Waals surface area contributed by atoms with Gasteiger partial charge in [0.05, 0.1) is 23.9 Å². The van der Waals surface area contributed by atoms with E-state index in [9.17, 15) is 21.2 Å². The quantitative estimate of drug-likeness (QED) is 0.236. The molecule has 0 spiro atoms. The normalized spacial score (nSPS) is 12.1. The van der Waals surface area contributed by atoms with Crippen LogP contribution in [-0.4, -0.2) is 41.8 Å². The molecule has 0 bridgehead atoms. The maximum atomic E-state index is 14.3. The van der Waals surface area contributed by atoms with E-state index in [-0.39, 0.29) is 22.9 Å². The van der Waals surface area contributed by atoms with Crippen LogP contribution in [0, 0.1) is 12.7 Å². The summed E-state index contributed by atoms with van der Waals surface area (Å²) < 4.78 is 70.7. The Morgan fingerprint density at radius 1 is 0.837 bits per heavy atom. The zero-order valence-electron chi connectivity index (χ0n) is 23.1. The van der Waals surface area contributed by atoms with E-state index >= 15 is 0 Å². The van der Waals surface area contributed by atoms with Gasteiger partial charge in [-0.25, -0.2) is 30.2 Å². The monoisotopic (exact) mass is 615 g/mol. The van der Waals surface area contributed by atoms with Gasteiger partial charge in [0.15, 0.2) is 5.65 Å². The molecule has 3 heterocycles. The highest BCUT2D eigenvalue weighted by Crippen LogP contribution is 2.35. The molecular weight excluding hydrogens is 590 g/mol. The molecule has 9 nitrogen and oxygen atoms in total. The Morgan fingerprint density at radius 3 is 2.35 bits per heavy atom. The summed E-state index contributed by atoms with van der Waals surface area (Å²) in [5, 5.41) is 4.95. The number of anilines is 1. The van der Waals surface area contributed by atoms with Crippen molar-refractivity contribution in [3.05, 3.63) is 121 Å². The summed E-state index contributed by atoms with van der Waals surface area (Å²) in [4.78, 5) is 4.68. The third kappa shape index (κ3) is 5.79. The molecule has 6 rings (SSSR count). The van der Waals surface area contributed by atoms with Gasteiger partial charge < -0.3 is 0 Å². The molecule has 0 aliphatic heterocycles. The molecule has 0 saturated carbocycles. The maximum Gasteiger partial charge on any atom is 0.269 e. The van der Waals surface area contributed by atoms with Crippen molar-refractivity contribution in [2.75, 3.05) is 11.0 Å². The van der Waals surface area contributed by atoms with Gasteiger partial charge in [-0.2, -0.15) is 5.10 Å². The van der Waals surface area contributed by atoms with Gasteiger partial charge in [0.1, 0.15) is 5.82 Å². The number of sulfonamides is 1. The standard InChI is InChI=1S/C31H26FN5O4S2/c1-21-10-12-27(13-11-21)43(40,41)37-20-29(25-17-34-36(19-25)18-23-6-3-4-9-30(23)32)28-15-24(16-33-31(28)37)22-7-5-8-26(14-22)35-42(2,38)39/h3-17,19-20,35H,18H2,1-2H3. The van der Waals surface area contributed by atoms with Crippen molar-refractivity contribution in [2.24, 2.45) is 0 Å². The molecule has 12 heteroatoms. The molecule has 0 fully saturated rings.